The minimum absolute atomic E-state index is 0.684. The van der Waals surface area contributed by atoms with E-state index in [9.17, 15) is 0 Å². The summed E-state index contributed by atoms with van der Waals surface area (Å²) in [5.74, 6) is -0.585. The maximum Gasteiger partial charge on any atom is 0.314 e. The zero-order valence-corrected chi connectivity index (χ0v) is 11.6. The SMILES string of the molecule is COc1c(C(OC)(OC)OC)ccc2ccccc12. The van der Waals surface area contributed by atoms with Crippen molar-refractivity contribution in [3.05, 3.63) is 42.0 Å². The Morgan fingerprint density at radius 1 is 0.789 bits per heavy atom. The summed E-state index contributed by atoms with van der Waals surface area (Å²) in [5, 5.41) is 2.07. The first-order valence-electron chi connectivity index (χ1n) is 5.94. The van der Waals surface area contributed by atoms with Gasteiger partial charge in [0.05, 0.1) is 12.7 Å². The molecule has 0 heterocycles. The number of ether oxygens (including phenoxy) is 4. The summed E-state index contributed by atoms with van der Waals surface area (Å²) >= 11 is 0. The predicted octanol–water partition coefficient (Wildman–Crippen LogP) is 2.90. The fraction of sp³-hybridized carbons (Fsp3) is 0.333. The summed E-state index contributed by atoms with van der Waals surface area (Å²) in [7, 11) is 6.21. The average molecular weight is 262 g/mol. The van der Waals surface area contributed by atoms with E-state index in [0.29, 0.717) is 11.3 Å². The van der Waals surface area contributed by atoms with E-state index in [4.69, 9.17) is 18.9 Å². The molecule has 0 radical (unpaired) electrons. The van der Waals surface area contributed by atoms with Gasteiger partial charge in [0.2, 0.25) is 0 Å². The maximum atomic E-state index is 5.53. The summed E-state index contributed by atoms with van der Waals surface area (Å²) in [4.78, 5) is 0. The zero-order chi connectivity index (χ0) is 13.9. The molecule has 0 atom stereocenters. The summed E-state index contributed by atoms with van der Waals surface area (Å²) in [6.07, 6.45) is 0. The van der Waals surface area contributed by atoms with Crippen LogP contribution >= 0.6 is 0 Å². The number of hydrogen-bond donors (Lipinski definition) is 0. The molecule has 0 unspecified atom stereocenters. The molecule has 0 saturated heterocycles. The van der Waals surface area contributed by atoms with Gasteiger partial charge in [-0.25, -0.2) is 0 Å². The van der Waals surface area contributed by atoms with Gasteiger partial charge in [0.1, 0.15) is 5.75 Å². The van der Waals surface area contributed by atoms with Gasteiger partial charge >= 0.3 is 5.97 Å². The molecule has 0 aromatic heterocycles. The molecule has 0 aliphatic rings. The molecule has 4 heteroatoms. The maximum absolute atomic E-state index is 5.53. The van der Waals surface area contributed by atoms with Crippen molar-refractivity contribution in [2.45, 2.75) is 5.97 Å². The normalized spacial score (nSPS) is 11.8. The standard InChI is InChI=1S/C15H18O4/c1-16-14-12-8-6-5-7-11(12)9-10-13(14)15(17-2,18-3)19-4/h5-10H,1-4H3. The molecule has 102 valence electrons. The molecule has 0 N–H and O–H groups in total. The van der Waals surface area contributed by atoms with Crippen LogP contribution in [0.1, 0.15) is 5.56 Å². The molecule has 0 saturated carbocycles. The van der Waals surface area contributed by atoms with E-state index in [-0.39, 0.29) is 0 Å². The van der Waals surface area contributed by atoms with Gasteiger partial charge in [-0.15, -0.1) is 0 Å². The van der Waals surface area contributed by atoms with E-state index in [2.05, 4.69) is 0 Å². The molecule has 0 spiro atoms. The summed E-state index contributed by atoms with van der Waals surface area (Å²) in [6.45, 7) is 0. The first kappa shape index (κ1) is 13.8. The van der Waals surface area contributed by atoms with E-state index >= 15 is 0 Å². The van der Waals surface area contributed by atoms with E-state index < -0.39 is 5.97 Å². The van der Waals surface area contributed by atoms with Crippen molar-refractivity contribution in [1.82, 2.24) is 0 Å². The first-order valence-corrected chi connectivity index (χ1v) is 5.94. The molecule has 0 aliphatic heterocycles. The quantitative estimate of drug-likeness (QED) is 0.776. The fourth-order valence-electron chi connectivity index (χ4n) is 2.28. The van der Waals surface area contributed by atoms with Gasteiger partial charge in [-0.1, -0.05) is 30.3 Å². The van der Waals surface area contributed by atoms with E-state index in [1.54, 1.807) is 7.11 Å². The van der Waals surface area contributed by atoms with Gasteiger partial charge in [0, 0.05) is 26.7 Å². The summed E-state index contributed by atoms with van der Waals surface area (Å²) in [6, 6.07) is 11.8. The molecule has 0 amide bonds. The second-order valence-corrected chi connectivity index (χ2v) is 4.04. The topological polar surface area (TPSA) is 36.9 Å². The Labute approximate surface area is 112 Å². The van der Waals surface area contributed by atoms with Crippen LogP contribution in [0.25, 0.3) is 10.8 Å². The third kappa shape index (κ3) is 2.18. The van der Waals surface area contributed by atoms with Crippen LogP contribution in [0.4, 0.5) is 0 Å². The fourth-order valence-corrected chi connectivity index (χ4v) is 2.28. The third-order valence-electron chi connectivity index (χ3n) is 3.22. The average Bonchev–Trinajstić information content (AvgIpc) is 2.49. The van der Waals surface area contributed by atoms with Crippen molar-refractivity contribution in [3.8, 4) is 5.75 Å². The van der Waals surface area contributed by atoms with Gasteiger partial charge < -0.3 is 18.9 Å². The van der Waals surface area contributed by atoms with Gasteiger partial charge in [0.25, 0.3) is 0 Å². The summed E-state index contributed by atoms with van der Waals surface area (Å²) < 4.78 is 21.7. The molecule has 19 heavy (non-hydrogen) atoms. The van der Waals surface area contributed by atoms with Crippen molar-refractivity contribution < 1.29 is 18.9 Å². The van der Waals surface area contributed by atoms with Gasteiger partial charge in [-0.05, 0) is 11.5 Å². The Balaban J connectivity index is 2.73. The van der Waals surface area contributed by atoms with Crippen molar-refractivity contribution in [1.29, 1.82) is 0 Å². The second kappa shape index (κ2) is 5.57. The van der Waals surface area contributed by atoms with Crippen LogP contribution in [0, 0.1) is 0 Å². The Bertz CT molecular complexity index is 553. The Kier molecular flexibility index (Phi) is 4.04. The van der Waals surface area contributed by atoms with Crippen LogP contribution in [0.5, 0.6) is 5.75 Å². The lowest BCUT2D eigenvalue weighted by atomic mass is 10.0. The number of hydrogen-bond acceptors (Lipinski definition) is 4. The lowest BCUT2D eigenvalue weighted by molar-refractivity contribution is -0.364. The zero-order valence-electron chi connectivity index (χ0n) is 11.6. The highest BCUT2D eigenvalue weighted by atomic mass is 16.9. The van der Waals surface area contributed by atoms with Crippen LogP contribution in [0.2, 0.25) is 0 Å². The van der Waals surface area contributed by atoms with Crippen LogP contribution < -0.4 is 4.74 Å². The van der Waals surface area contributed by atoms with Crippen molar-refractivity contribution >= 4 is 10.8 Å². The highest BCUT2D eigenvalue weighted by Crippen LogP contribution is 2.38. The van der Waals surface area contributed by atoms with E-state index in [1.807, 2.05) is 36.4 Å². The Morgan fingerprint density at radius 3 is 2.00 bits per heavy atom. The largest absolute Gasteiger partial charge is 0.496 e. The predicted molar refractivity (Wildman–Crippen MR) is 73.2 cm³/mol. The number of fused-ring (bicyclic) bond motifs is 1. The van der Waals surface area contributed by atoms with Gasteiger partial charge in [-0.2, -0.15) is 0 Å². The van der Waals surface area contributed by atoms with Crippen LogP contribution in [0.3, 0.4) is 0 Å². The number of methoxy groups -OCH3 is 4. The van der Waals surface area contributed by atoms with Crippen LogP contribution in [0.15, 0.2) is 36.4 Å². The third-order valence-corrected chi connectivity index (χ3v) is 3.22. The molecular weight excluding hydrogens is 244 g/mol. The van der Waals surface area contributed by atoms with Crippen molar-refractivity contribution in [2.75, 3.05) is 28.4 Å². The smallest absolute Gasteiger partial charge is 0.314 e. The Hall–Kier alpha value is -1.62. The molecule has 2 aromatic carbocycles. The lowest BCUT2D eigenvalue weighted by Gasteiger charge is -2.30. The van der Waals surface area contributed by atoms with E-state index in [0.717, 1.165) is 10.8 Å². The molecule has 2 rings (SSSR count). The Morgan fingerprint density at radius 2 is 1.42 bits per heavy atom. The van der Waals surface area contributed by atoms with Gasteiger partial charge in [-0.3, -0.25) is 0 Å². The minimum atomic E-state index is -1.27. The first-order chi connectivity index (χ1) is 9.22. The number of benzene rings is 2. The summed E-state index contributed by atoms with van der Waals surface area (Å²) in [5.41, 5.74) is 0.696. The monoisotopic (exact) mass is 262 g/mol. The van der Waals surface area contributed by atoms with Gasteiger partial charge in [0.15, 0.2) is 0 Å². The molecular formula is C15H18O4. The van der Waals surface area contributed by atoms with Crippen LogP contribution in [-0.4, -0.2) is 28.4 Å². The molecule has 4 nitrogen and oxygen atoms in total. The highest BCUT2D eigenvalue weighted by Gasteiger charge is 2.36. The minimum Gasteiger partial charge on any atom is -0.496 e. The van der Waals surface area contributed by atoms with Crippen molar-refractivity contribution in [3.63, 3.8) is 0 Å². The lowest BCUT2D eigenvalue weighted by Crippen LogP contribution is -2.33. The second-order valence-electron chi connectivity index (χ2n) is 4.04. The molecule has 2 aromatic rings. The van der Waals surface area contributed by atoms with E-state index in [1.165, 1.54) is 21.3 Å². The molecule has 0 bridgehead atoms. The number of rotatable bonds is 5. The van der Waals surface area contributed by atoms with Crippen molar-refractivity contribution in [2.24, 2.45) is 0 Å². The molecule has 0 aliphatic carbocycles. The highest BCUT2D eigenvalue weighted by molar-refractivity contribution is 5.89. The van der Waals surface area contributed by atoms with Crippen LogP contribution in [-0.2, 0) is 20.2 Å². The molecule has 0 fully saturated rings.